The predicted molar refractivity (Wildman–Crippen MR) is 185 cm³/mol. The van der Waals surface area contributed by atoms with Crippen molar-refractivity contribution in [2.75, 3.05) is 0 Å². The number of imidazole rings is 1. The second-order valence-electron chi connectivity index (χ2n) is 8.51. The summed E-state index contributed by atoms with van der Waals surface area (Å²) in [6.45, 7) is 30.6. The average molecular weight is 558 g/mol. The number of amidine groups is 1. The van der Waals surface area contributed by atoms with E-state index in [1.54, 1.807) is 0 Å². The third kappa shape index (κ3) is 10.6. The summed E-state index contributed by atoms with van der Waals surface area (Å²) in [6.07, 6.45) is 8.99. The fraction of sp³-hybridized carbons (Fsp3) is 0.417. The SMILES string of the molecule is C=C(/C=C\NC(C)=NC(C)C1=CC(C)=N1)c1c(-c2ccc(C)cc2)nc2cc(CC)ccn12.CC.CC.CC.CC. The van der Waals surface area contributed by atoms with Gasteiger partial charge in [-0.25, -0.2) is 4.98 Å². The zero-order valence-electron chi connectivity index (χ0n) is 28.1. The molecule has 0 amide bonds. The molecule has 0 spiro atoms. The molecule has 5 heteroatoms. The first-order valence-electron chi connectivity index (χ1n) is 15.4. The second-order valence-corrected chi connectivity index (χ2v) is 8.51. The molecule has 2 aromatic heterocycles. The Bertz CT molecular complexity index is 1320. The Kier molecular flexibility index (Phi) is 18.4. The molecule has 4 rings (SSSR count). The lowest BCUT2D eigenvalue weighted by molar-refractivity contribution is 0.831. The van der Waals surface area contributed by atoms with Crippen LogP contribution in [0, 0.1) is 6.92 Å². The summed E-state index contributed by atoms with van der Waals surface area (Å²) in [5.41, 5.74) is 9.36. The third-order valence-corrected chi connectivity index (χ3v) is 5.78. The van der Waals surface area contributed by atoms with Crippen LogP contribution in [-0.2, 0) is 6.42 Å². The molecule has 1 N–H and O–H groups in total. The van der Waals surface area contributed by atoms with Gasteiger partial charge in [-0.05, 0) is 69.5 Å². The van der Waals surface area contributed by atoms with Gasteiger partial charge < -0.3 is 5.32 Å². The van der Waals surface area contributed by atoms with Gasteiger partial charge in [0, 0.05) is 23.7 Å². The van der Waals surface area contributed by atoms with Crippen LogP contribution < -0.4 is 5.32 Å². The molecule has 0 bridgehead atoms. The second kappa shape index (κ2) is 20.2. The van der Waals surface area contributed by atoms with Crippen molar-refractivity contribution in [3.05, 3.63) is 90.0 Å². The van der Waals surface area contributed by atoms with Gasteiger partial charge >= 0.3 is 0 Å². The maximum absolute atomic E-state index is 4.97. The van der Waals surface area contributed by atoms with Gasteiger partial charge in [0.05, 0.1) is 29.0 Å². The van der Waals surface area contributed by atoms with Crippen LogP contribution in [0.5, 0.6) is 0 Å². The quantitative estimate of drug-likeness (QED) is 0.178. The van der Waals surface area contributed by atoms with Crippen LogP contribution in [-0.4, -0.2) is 27.0 Å². The fourth-order valence-electron chi connectivity index (χ4n) is 3.89. The van der Waals surface area contributed by atoms with Crippen molar-refractivity contribution in [3.63, 3.8) is 0 Å². The molecule has 5 nitrogen and oxygen atoms in total. The Labute approximate surface area is 251 Å². The smallest absolute Gasteiger partial charge is 0.138 e. The molecule has 224 valence electrons. The first kappa shape index (κ1) is 37.3. The summed E-state index contributed by atoms with van der Waals surface area (Å²) in [5.74, 6) is 0.830. The highest BCUT2D eigenvalue weighted by Crippen LogP contribution is 2.30. The topological polar surface area (TPSA) is 54.0 Å². The van der Waals surface area contributed by atoms with Crippen molar-refractivity contribution in [2.24, 2.45) is 9.98 Å². The number of aliphatic imine (C=N–C) groups is 2. The number of nitrogens with one attached hydrogen (secondary N) is 1. The molecular formula is C36H55N5. The molecule has 1 aliphatic heterocycles. The molecule has 1 unspecified atom stereocenters. The highest BCUT2D eigenvalue weighted by molar-refractivity contribution is 5.99. The maximum atomic E-state index is 4.97. The van der Waals surface area contributed by atoms with Crippen molar-refractivity contribution >= 4 is 22.8 Å². The number of rotatable bonds is 7. The predicted octanol–water partition coefficient (Wildman–Crippen LogP) is 10.3. The first-order valence-corrected chi connectivity index (χ1v) is 15.4. The maximum Gasteiger partial charge on any atom is 0.138 e. The standard InChI is InChI=1S/C28H31N5.4C2H6/c1-7-23-13-15-33-26(17-23)32-27(24-10-8-18(2)9-11-24)28(33)19(3)12-14-29-22(6)31-21(5)25-16-20(4)30-25;4*1-2/h8-17,21H,3,7H2,1-2,4-6H3,(H,29,31);4*1-2H3/b14-12-;;;;. The highest BCUT2D eigenvalue weighted by Gasteiger charge is 2.16. The van der Waals surface area contributed by atoms with Crippen molar-refractivity contribution < 1.29 is 0 Å². The molecule has 1 aromatic carbocycles. The van der Waals surface area contributed by atoms with Gasteiger partial charge in [-0.3, -0.25) is 14.4 Å². The van der Waals surface area contributed by atoms with Crippen molar-refractivity contribution in [1.82, 2.24) is 14.7 Å². The number of allylic oxidation sites excluding steroid dienone is 3. The summed E-state index contributed by atoms with van der Waals surface area (Å²) in [5, 5.41) is 3.26. The largest absolute Gasteiger partial charge is 0.351 e. The molecule has 1 aliphatic rings. The first-order chi connectivity index (χ1) is 19.9. The van der Waals surface area contributed by atoms with Crippen LogP contribution in [0.25, 0.3) is 22.5 Å². The molecule has 1 atom stereocenters. The van der Waals surface area contributed by atoms with E-state index in [1.165, 1.54) is 11.1 Å². The van der Waals surface area contributed by atoms with E-state index in [2.05, 4.69) is 88.8 Å². The van der Waals surface area contributed by atoms with E-state index in [4.69, 9.17) is 4.98 Å². The summed E-state index contributed by atoms with van der Waals surface area (Å²) in [7, 11) is 0. The number of nitrogens with zero attached hydrogens (tertiary/aromatic N) is 4. The van der Waals surface area contributed by atoms with Crippen LogP contribution in [0.3, 0.4) is 0 Å². The van der Waals surface area contributed by atoms with E-state index in [-0.39, 0.29) is 6.04 Å². The molecule has 0 aliphatic carbocycles. The minimum absolute atomic E-state index is 0.0393. The summed E-state index contributed by atoms with van der Waals surface area (Å²) in [6, 6.07) is 12.8. The van der Waals surface area contributed by atoms with Gasteiger partial charge in [0.2, 0.25) is 0 Å². The fourth-order valence-corrected chi connectivity index (χ4v) is 3.89. The molecule has 0 saturated heterocycles. The van der Waals surface area contributed by atoms with E-state index >= 15 is 0 Å². The Morgan fingerprint density at radius 3 is 2.12 bits per heavy atom. The van der Waals surface area contributed by atoms with E-state index in [1.807, 2.05) is 88.4 Å². The van der Waals surface area contributed by atoms with Crippen molar-refractivity contribution in [3.8, 4) is 11.3 Å². The number of aryl methyl sites for hydroxylation is 2. The summed E-state index contributed by atoms with van der Waals surface area (Å²) < 4.78 is 2.12. The Morgan fingerprint density at radius 2 is 1.59 bits per heavy atom. The van der Waals surface area contributed by atoms with E-state index in [0.717, 1.165) is 51.8 Å². The zero-order chi connectivity index (χ0) is 31.5. The number of fused-ring (bicyclic) bond motifs is 1. The van der Waals surface area contributed by atoms with E-state index < -0.39 is 0 Å². The zero-order valence-corrected chi connectivity index (χ0v) is 28.1. The normalized spacial score (nSPS) is 12.5. The van der Waals surface area contributed by atoms with Crippen molar-refractivity contribution in [2.45, 2.75) is 102 Å². The lowest BCUT2D eigenvalue weighted by Gasteiger charge is -2.15. The highest BCUT2D eigenvalue weighted by atomic mass is 15.0. The summed E-state index contributed by atoms with van der Waals surface area (Å²) in [4.78, 5) is 14.0. The van der Waals surface area contributed by atoms with Gasteiger partial charge in [-0.2, -0.15) is 0 Å². The van der Waals surface area contributed by atoms with Crippen LogP contribution >= 0.6 is 0 Å². The third-order valence-electron chi connectivity index (χ3n) is 5.78. The van der Waals surface area contributed by atoms with Gasteiger partial charge in [-0.15, -0.1) is 0 Å². The minimum Gasteiger partial charge on any atom is -0.351 e. The van der Waals surface area contributed by atoms with Gasteiger partial charge in [0.25, 0.3) is 0 Å². The lowest BCUT2D eigenvalue weighted by Crippen LogP contribution is -2.19. The van der Waals surface area contributed by atoms with E-state index in [0.29, 0.717) is 0 Å². The number of hydrogen-bond donors (Lipinski definition) is 1. The molecule has 0 fully saturated rings. The van der Waals surface area contributed by atoms with Crippen LogP contribution in [0.15, 0.2) is 83.2 Å². The van der Waals surface area contributed by atoms with E-state index in [9.17, 15) is 0 Å². The Morgan fingerprint density at radius 1 is 1.00 bits per heavy atom. The molecule has 3 heterocycles. The Balaban J connectivity index is 0.00000184. The molecule has 0 saturated carbocycles. The van der Waals surface area contributed by atoms with Crippen LogP contribution in [0.4, 0.5) is 0 Å². The number of hydrogen-bond acceptors (Lipinski definition) is 3. The monoisotopic (exact) mass is 557 g/mol. The molecule has 41 heavy (non-hydrogen) atoms. The average Bonchev–Trinajstić information content (AvgIpc) is 3.38. The Hall–Kier alpha value is -3.73. The molecule has 3 aromatic rings. The van der Waals surface area contributed by atoms with Gasteiger partial charge in [0.1, 0.15) is 5.65 Å². The minimum atomic E-state index is 0.0393. The van der Waals surface area contributed by atoms with Crippen LogP contribution in [0.1, 0.15) is 99.9 Å². The lowest BCUT2D eigenvalue weighted by atomic mass is 10.0. The van der Waals surface area contributed by atoms with Crippen molar-refractivity contribution in [1.29, 1.82) is 0 Å². The van der Waals surface area contributed by atoms with Crippen LogP contribution in [0.2, 0.25) is 0 Å². The molecular weight excluding hydrogens is 502 g/mol. The molecule has 0 radical (unpaired) electrons. The van der Waals surface area contributed by atoms with Gasteiger partial charge in [0.15, 0.2) is 0 Å². The summed E-state index contributed by atoms with van der Waals surface area (Å²) >= 11 is 0. The number of aromatic nitrogens is 2. The number of benzene rings is 1. The number of pyridine rings is 1. The van der Waals surface area contributed by atoms with Gasteiger partial charge in [-0.1, -0.05) is 98.7 Å².